The van der Waals surface area contributed by atoms with E-state index in [4.69, 9.17) is 11.6 Å². The van der Waals surface area contributed by atoms with E-state index in [1.54, 1.807) is 6.07 Å². The lowest BCUT2D eigenvalue weighted by Crippen LogP contribution is -2.41. The normalized spacial score (nSPS) is 20.1. The van der Waals surface area contributed by atoms with Crippen molar-refractivity contribution in [1.29, 1.82) is 0 Å². The minimum absolute atomic E-state index is 0.305. The molecule has 1 saturated heterocycles. The number of thiophene rings is 1. The number of rotatable bonds is 4. The molecule has 2 unspecified atom stereocenters. The highest BCUT2D eigenvalue weighted by Gasteiger charge is 2.36. The Bertz CT molecular complexity index is 779. The lowest BCUT2D eigenvalue weighted by Gasteiger charge is -2.37. The van der Waals surface area contributed by atoms with E-state index < -0.39 is 29.7 Å². The molecule has 1 N–H and O–H groups in total. The Morgan fingerprint density at radius 3 is 2.69 bits per heavy atom. The topological polar surface area (TPSA) is 40.5 Å². The number of carbonyl (C=O) groups is 1. The highest BCUT2D eigenvalue weighted by atomic mass is 35.5. The largest absolute Gasteiger partial charge is 0.481 e. The monoisotopic (exact) mass is 403 g/mol. The standard InChI is InChI=1S/C18H17ClF3NO2S/c19-15-4-3-11(8-14(15)18(20,21)22)16(13-5-7-26-10-13)23-6-1-2-12(9-23)17(24)25/h3-5,7-8,10,12,16H,1-2,6,9H2,(H,24,25). The van der Waals surface area contributed by atoms with Gasteiger partial charge in [0.15, 0.2) is 0 Å². The van der Waals surface area contributed by atoms with E-state index in [0.717, 1.165) is 11.6 Å². The first-order chi connectivity index (χ1) is 12.3. The average Bonchev–Trinajstić information content (AvgIpc) is 3.10. The number of carboxylic acids is 1. The van der Waals surface area contributed by atoms with Crippen LogP contribution in [0.4, 0.5) is 13.2 Å². The Morgan fingerprint density at radius 2 is 2.08 bits per heavy atom. The number of piperidine rings is 1. The van der Waals surface area contributed by atoms with Crippen LogP contribution >= 0.6 is 22.9 Å². The minimum Gasteiger partial charge on any atom is -0.481 e. The van der Waals surface area contributed by atoms with Gasteiger partial charge >= 0.3 is 12.1 Å². The van der Waals surface area contributed by atoms with Crippen LogP contribution in [0.2, 0.25) is 5.02 Å². The fraction of sp³-hybridized carbons (Fsp3) is 0.389. The summed E-state index contributed by atoms with van der Waals surface area (Å²) in [7, 11) is 0. The number of hydrogen-bond donors (Lipinski definition) is 1. The molecule has 0 radical (unpaired) electrons. The summed E-state index contributed by atoms with van der Waals surface area (Å²) in [5.41, 5.74) is 0.450. The summed E-state index contributed by atoms with van der Waals surface area (Å²) < 4.78 is 39.8. The Kier molecular flexibility index (Phi) is 5.60. The summed E-state index contributed by atoms with van der Waals surface area (Å²) in [6.07, 6.45) is -3.27. The van der Waals surface area contributed by atoms with Crippen molar-refractivity contribution in [2.75, 3.05) is 13.1 Å². The number of likely N-dealkylation sites (tertiary alicyclic amines) is 1. The maximum absolute atomic E-state index is 13.3. The average molecular weight is 404 g/mol. The van der Waals surface area contributed by atoms with Crippen LogP contribution in [-0.4, -0.2) is 29.1 Å². The van der Waals surface area contributed by atoms with E-state index >= 15 is 0 Å². The van der Waals surface area contributed by atoms with Gasteiger partial charge in [0.25, 0.3) is 0 Å². The molecule has 3 rings (SSSR count). The lowest BCUT2D eigenvalue weighted by atomic mass is 9.92. The number of hydrogen-bond acceptors (Lipinski definition) is 3. The highest BCUT2D eigenvalue weighted by molar-refractivity contribution is 7.08. The number of benzene rings is 1. The molecule has 3 nitrogen and oxygen atoms in total. The fourth-order valence-corrected chi connectivity index (χ4v) is 4.32. The van der Waals surface area contributed by atoms with Crippen molar-refractivity contribution in [3.05, 3.63) is 56.7 Å². The van der Waals surface area contributed by atoms with Crippen LogP contribution in [0.1, 0.15) is 35.6 Å². The predicted octanol–water partition coefficient (Wildman–Crippen LogP) is 5.31. The van der Waals surface area contributed by atoms with Gasteiger partial charge in [0.1, 0.15) is 0 Å². The van der Waals surface area contributed by atoms with Crippen molar-refractivity contribution in [3.63, 3.8) is 0 Å². The number of alkyl halides is 3. The lowest BCUT2D eigenvalue weighted by molar-refractivity contribution is -0.143. The van der Waals surface area contributed by atoms with Gasteiger partial charge in [0.05, 0.1) is 22.5 Å². The van der Waals surface area contributed by atoms with Gasteiger partial charge in [-0.25, -0.2) is 0 Å². The van der Waals surface area contributed by atoms with Gasteiger partial charge < -0.3 is 5.11 Å². The van der Waals surface area contributed by atoms with Gasteiger partial charge in [-0.3, -0.25) is 9.69 Å². The second-order valence-corrected chi connectivity index (χ2v) is 7.56. The molecule has 0 bridgehead atoms. The maximum Gasteiger partial charge on any atom is 0.417 e. The Balaban J connectivity index is 2.02. The molecular weight excluding hydrogens is 387 g/mol. The zero-order valence-corrected chi connectivity index (χ0v) is 15.2. The van der Waals surface area contributed by atoms with Crippen LogP contribution < -0.4 is 0 Å². The number of aliphatic carboxylic acids is 1. The quantitative estimate of drug-likeness (QED) is 0.752. The summed E-state index contributed by atoms with van der Waals surface area (Å²) in [5, 5.41) is 12.7. The molecule has 1 fully saturated rings. The molecular formula is C18H17ClF3NO2S. The Morgan fingerprint density at radius 1 is 1.31 bits per heavy atom. The van der Waals surface area contributed by atoms with Crippen LogP contribution in [0.5, 0.6) is 0 Å². The highest BCUT2D eigenvalue weighted by Crippen LogP contribution is 2.39. The molecule has 2 aromatic rings. The molecule has 1 aromatic heterocycles. The first-order valence-corrected chi connectivity index (χ1v) is 9.45. The van der Waals surface area contributed by atoms with Crippen LogP contribution in [-0.2, 0) is 11.0 Å². The minimum atomic E-state index is -4.54. The van der Waals surface area contributed by atoms with Gasteiger partial charge in [-0.15, -0.1) is 0 Å². The van der Waals surface area contributed by atoms with E-state index in [-0.39, 0.29) is 5.02 Å². The van der Waals surface area contributed by atoms with Gasteiger partial charge in [-0.1, -0.05) is 17.7 Å². The summed E-state index contributed by atoms with van der Waals surface area (Å²) in [5.74, 6) is -1.38. The summed E-state index contributed by atoms with van der Waals surface area (Å²) >= 11 is 7.21. The second-order valence-electron chi connectivity index (χ2n) is 6.37. The molecule has 8 heteroatoms. The van der Waals surface area contributed by atoms with Crippen LogP contribution in [0.25, 0.3) is 0 Å². The molecule has 1 aliphatic rings. The third kappa shape index (κ3) is 4.05. The summed E-state index contributed by atoms with van der Waals surface area (Å²) in [6.45, 7) is 0.939. The molecule has 1 aliphatic heterocycles. The summed E-state index contributed by atoms with van der Waals surface area (Å²) in [6, 6.07) is 5.36. The smallest absolute Gasteiger partial charge is 0.417 e. The van der Waals surface area contributed by atoms with E-state index in [2.05, 4.69) is 0 Å². The van der Waals surface area contributed by atoms with Crippen molar-refractivity contribution in [2.45, 2.75) is 25.1 Å². The first kappa shape index (κ1) is 19.2. The van der Waals surface area contributed by atoms with E-state index in [1.165, 1.54) is 17.4 Å². The number of carboxylic acid groups (broad SMARTS) is 1. The molecule has 2 heterocycles. The van der Waals surface area contributed by atoms with Gasteiger partial charge in [-0.05, 0) is 59.5 Å². The molecule has 0 saturated carbocycles. The van der Waals surface area contributed by atoms with Crippen molar-refractivity contribution >= 4 is 28.9 Å². The molecule has 0 amide bonds. The van der Waals surface area contributed by atoms with Crippen molar-refractivity contribution in [1.82, 2.24) is 4.90 Å². The Hall–Kier alpha value is -1.57. The molecule has 1 aromatic carbocycles. The predicted molar refractivity (Wildman–Crippen MR) is 94.5 cm³/mol. The zero-order valence-electron chi connectivity index (χ0n) is 13.7. The van der Waals surface area contributed by atoms with E-state index in [9.17, 15) is 23.1 Å². The van der Waals surface area contributed by atoms with Gasteiger partial charge in [0, 0.05) is 6.54 Å². The molecule has 26 heavy (non-hydrogen) atoms. The second kappa shape index (κ2) is 7.58. The SMILES string of the molecule is O=C(O)C1CCCN(C(c2ccsc2)c2ccc(Cl)c(C(F)(F)F)c2)C1. The third-order valence-electron chi connectivity index (χ3n) is 4.64. The molecule has 2 atom stereocenters. The van der Waals surface area contributed by atoms with Crippen molar-refractivity contribution in [2.24, 2.45) is 5.92 Å². The van der Waals surface area contributed by atoms with E-state index in [0.29, 0.717) is 31.5 Å². The van der Waals surface area contributed by atoms with Crippen molar-refractivity contribution in [3.8, 4) is 0 Å². The molecule has 0 spiro atoms. The van der Waals surface area contributed by atoms with Crippen LogP contribution in [0, 0.1) is 5.92 Å². The maximum atomic E-state index is 13.3. The fourth-order valence-electron chi connectivity index (χ4n) is 3.42. The Labute approximate surface area is 158 Å². The van der Waals surface area contributed by atoms with Crippen LogP contribution in [0.3, 0.4) is 0 Å². The molecule has 0 aliphatic carbocycles. The molecule has 140 valence electrons. The number of nitrogens with zero attached hydrogens (tertiary/aromatic N) is 1. The first-order valence-electron chi connectivity index (χ1n) is 8.13. The third-order valence-corrected chi connectivity index (χ3v) is 5.67. The van der Waals surface area contributed by atoms with Gasteiger partial charge in [-0.2, -0.15) is 24.5 Å². The van der Waals surface area contributed by atoms with Gasteiger partial charge in [0.2, 0.25) is 0 Å². The van der Waals surface area contributed by atoms with Crippen molar-refractivity contribution < 1.29 is 23.1 Å². The van der Waals surface area contributed by atoms with E-state index in [1.807, 2.05) is 21.7 Å². The number of halogens is 4. The summed E-state index contributed by atoms with van der Waals surface area (Å²) in [4.78, 5) is 13.3. The zero-order chi connectivity index (χ0) is 18.9. The van der Waals surface area contributed by atoms with Crippen LogP contribution in [0.15, 0.2) is 35.0 Å².